The first kappa shape index (κ1) is 15.6. The van der Waals surface area contributed by atoms with Crippen LogP contribution >= 0.6 is 11.6 Å². The van der Waals surface area contributed by atoms with E-state index < -0.39 is 0 Å². The van der Waals surface area contributed by atoms with E-state index in [-0.39, 0.29) is 17.1 Å². The molecule has 0 heterocycles. The van der Waals surface area contributed by atoms with Gasteiger partial charge in [-0.2, -0.15) is 0 Å². The zero-order valence-electron chi connectivity index (χ0n) is 11.4. The van der Waals surface area contributed by atoms with Gasteiger partial charge in [-0.25, -0.2) is 0 Å². The minimum Gasteiger partial charge on any atom is -0.309 e. The number of halogens is 1. The lowest BCUT2D eigenvalue weighted by Crippen LogP contribution is -2.19. The molecule has 4 heteroatoms. The third kappa shape index (κ3) is 5.37. The highest BCUT2D eigenvalue weighted by atomic mass is 35.5. The van der Waals surface area contributed by atoms with E-state index in [4.69, 9.17) is 11.6 Å². The average molecular weight is 280 g/mol. The van der Waals surface area contributed by atoms with Crippen molar-refractivity contribution in [2.75, 3.05) is 20.6 Å². The van der Waals surface area contributed by atoms with Gasteiger partial charge in [0.15, 0.2) is 11.6 Å². The Hall–Kier alpha value is -1.45. The van der Waals surface area contributed by atoms with Crippen LogP contribution in [0.5, 0.6) is 0 Å². The van der Waals surface area contributed by atoms with E-state index in [1.807, 2.05) is 19.0 Å². The highest BCUT2D eigenvalue weighted by Gasteiger charge is 2.14. The van der Waals surface area contributed by atoms with Gasteiger partial charge < -0.3 is 4.90 Å². The number of hydrogen-bond donors (Lipinski definition) is 0. The zero-order chi connectivity index (χ0) is 14.4. The van der Waals surface area contributed by atoms with E-state index in [0.717, 1.165) is 5.56 Å². The van der Waals surface area contributed by atoms with Crippen LogP contribution in [0.2, 0.25) is 5.02 Å². The number of hydrogen-bond acceptors (Lipinski definition) is 3. The Morgan fingerprint density at radius 2 is 1.79 bits per heavy atom. The largest absolute Gasteiger partial charge is 0.309 e. The first-order valence-corrected chi connectivity index (χ1v) is 6.44. The molecule has 0 atom stereocenters. The molecule has 3 nitrogen and oxygen atoms in total. The van der Waals surface area contributed by atoms with Crippen molar-refractivity contribution in [1.29, 1.82) is 0 Å². The molecule has 1 rings (SSSR count). The van der Waals surface area contributed by atoms with Crippen LogP contribution in [-0.4, -0.2) is 37.1 Å². The summed E-state index contributed by atoms with van der Waals surface area (Å²) in [6, 6.07) is 7.03. The van der Waals surface area contributed by atoms with Crippen LogP contribution in [0, 0.1) is 0 Å². The Balaban J connectivity index is 2.91. The summed E-state index contributed by atoms with van der Waals surface area (Å²) in [5, 5.41) is 0.625. The SMILES string of the molecule is CC(=O)/C(=C\c1ccc(Cl)cc1)C(=O)CCN(C)C. The van der Waals surface area contributed by atoms with Crippen LogP contribution in [0.3, 0.4) is 0 Å². The van der Waals surface area contributed by atoms with E-state index in [1.165, 1.54) is 6.92 Å². The number of carbonyl (C=O) groups is 2. The van der Waals surface area contributed by atoms with Crippen molar-refractivity contribution in [1.82, 2.24) is 4.90 Å². The number of benzene rings is 1. The van der Waals surface area contributed by atoms with Gasteiger partial charge in [-0.1, -0.05) is 23.7 Å². The molecule has 0 bridgehead atoms. The molecule has 0 spiro atoms. The number of Topliss-reactive ketones (excluding diaryl/α,β-unsaturated/α-hetero) is 2. The maximum Gasteiger partial charge on any atom is 0.167 e. The fraction of sp³-hybridized carbons (Fsp3) is 0.333. The van der Waals surface area contributed by atoms with Crippen LogP contribution in [0.25, 0.3) is 6.08 Å². The maximum atomic E-state index is 12.0. The van der Waals surface area contributed by atoms with E-state index in [0.29, 0.717) is 18.0 Å². The molecule has 0 fully saturated rings. The lowest BCUT2D eigenvalue weighted by molar-refractivity contribution is -0.120. The summed E-state index contributed by atoms with van der Waals surface area (Å²) in [4.78, 5) is 25.5. The molecule has 1 aromatic carbocycles. The highest BCUT2D eigenvalue weighted by molar-refractivity contribution is 6.30. The third-order valence-electron chi connectivity index (χ3n) is 2.65. The van der Waals surface area contributed by atoms with E-state index >= 15 is 0 Å². The summed E-state index contributed by atoms with van der Waals surface area (Å²) in [6.45, 7) is 2.04. The predicted octanol–water partition coefficient (Wildman–Crippen LogP) is 2.83. The molecule has 0 aliphatic heterocycles. The van der Waals surface area contributed by atoms with Crippen molar-refractivity contribution in [3.05, 3.63) is 40.4 Å². The van der Waals surface area contributed by atoms with Crippen LogP contribution in [0.15, 0.2) is 29.8 Å². The first-order valence-electron chi connectivity index (χ1n) is 6.06. The first-order chi connectivity index (χ1) is 8.90. The number of allylic oxidation sites excluding steroid dienone is 1. The smallest absolute Gasteiger partial charge is 0.167 e. The average Bonchev–Trinajstić information content (AvgIpc) is 2.34. The Bertz CT molecular complexity index is 489. The molecule has 0 N–H and O–H groups in total. The molecule has 1 aromatic rings. The van der Waals surface area contributed by atoms with Crippen molar-refractivity contribution in [3.63, 3.8) is 0 Å². The quantitative estimate of drug-likeness (QED) is 0.456. The van der Waals surface area contributed by atoms with Crippen molar-refractivity contribution >= 4 is 29.2 Å². The Morgan fingerprint density at radius 1 is 1.21 bits per heavy atom. The van der Waals surface area contributed by atoms with Gasteiger partial charge in [0.2, 0.25) is 0 Å². The fourth-order valence-electron chi connectivity index (χ4n) is 1.56. The van der Waals surface area contributed by atoms with Crippen LogP contribution in [0.1, 0.15) is 18.9 Å². The third-order valence-corrected chi connectivity index (χ3v) is 2.90. The molecule has 19 heavy (non-hydrogen) atoms. The van der Waals surface area contributed by atoms with Gasteiger partial charge >= 0.3 is 0 Å². The van der Waals surface area contributed by atoms with Crippen molar-refractivity contribution in [2.24, 2.45) is 0 Å². The number of rotatable bonds is 6. The second-order valence-corrected chi connectivity index (χ2v) is 5.08. The lowest BCUT2D eigenvalue weighted by Gasteiger charge is -2.09. The van der Waals surface area contributed by atoms with Gasteiger partial charge in [0, 0.05) is 18.0 Å². The molecule has 102 valence electrons. The van der Waals surface area contributed by atoms with Gasteiger partial charge in [-0.3, -0.25) is 9.59 Å². The zero-order valence-corrected chi connectivity index (χ0v) is 12.2. The molecule has 0 aliphatic rings. The molecule has 0 unspecified atom stereocenters. The topological polar surface area (TPSA) is 37.4 Å². The van der Waals surface area contributed by atoms with Gasteiger partial charge in [-0.15, -0.1) is 0 Å². The second kappa shape index (κ2) is 7.22. The van der Waals surface area contributed by atoms with Gasteiger partial charge in [0.25, 0.3) is 0 Å². The second-order valence-electron chi connectivity index (χ2n) is 4.64. The van der Waals surface area contributed by atoms with Crippen molar-refractivity contribution < 1.29 is 9.59 Å². The molecule has 0 radical (unpaired) electrons. The van der Waals surface area contributed by atoms with E-state index in [9.17, 15) is 9.59 Å². The van der Waals surface area contributed by atoms with Gasteiger partial charge in [0.1, 0.15) is 0 Å². The molecule has 0 amide bonds. The minimum atomic E-state index is -0.210. The fourth-order valence-corrected chi connectivity index (χ4v) is 1.69. The Morgan fingerprint density at radius 3 is 2.26 bits per heavy atom. The van der Waals surface area contributed by atoms with Crippen molar-refractivity contribution in [2.45, 2.75) is 13.3 Å². The predicted molar refractivity (Wildman–Crippen MR) is 78.3 cm³/mol. The van der Waals surface area contributed by atoms with Crippen molar-refractivity contribution in [3.8, 4) is 0 Å². The van der Waals surface area contributed by atoms with Gasteiger partial charge in [0.05, 0.1) is 5.57 Å². The molecule has 0 saturated carbocycles. The van der Waals surface area contributed by atoms with Gasteiger partial charge in [-0.05, 0) is 44.8 Å². The number of ketones is 2. The molecular formula is C15H18ClNO2. The standard InChI is InChI=1S/C15H18ClNO2/c1-11(18)14(15(19)8-9-17(2)3)10-12-4-6-13(16)7-5-12/h4-7,10H,8-9H2,1-3H3/b14-10+. The van der Waals surface area contributed by atoms with E-state index in [1.54, 1.807) is 30.3 Å². The van der Waals surface area contributed by atoms with Crippen LogP contribution < -0.4 is 0 Å². The number of carbonyl (C=O) groups excluding carboxylic acids is 2. The maximum absolute atomic E-state index is 12.0. The van der Waals surface area contributed by atoms with Crippen LogP contribution in [0.4, 0.5) is 0 Å². The molecular weight excluding hydrogens is 262 g/mol. The summed E-state index contributed by atoms with van der Waals surface area (Å²) in [7, 11) is 3.78. The lowest BCUT2D eigenvalue weighted by atomic mass is 10.0. The highest BCUT2D eigenvalue weighted by Crippen LogP contribution is 2.14. The Kier molecular flexibility index (Phi) is 5.93. The monoisotopic (exact) mass is 279 g/mol. The summed E-state index contributed by atoms with van der Waals surface area (Å²) < 4.78 is 0. The molecule has 0 aliphatic carbocycles. The summed E-state index contributed by atoms with van der Waals surface area (Å²) in [6.07, 6.45) is 1.96. The van der Waals surface area contributed by atoms with Crippen LogP contribution in [-0.2, 0) is 9.59 Å². The normalized spacial score (nSPS) is 11.7. The summed E-state index contributed by atoms with van der Waals surface area (Å²) >= 11 is 5.80. The van der Waals surface area contributed by atoms with E-state index in [2.05, 4.69) is 0 Å². The summed E-state index contributed by atoms with van der Waals surface area (Å²) in [5.74, 6) is -0.338. The molecule has 0 saturated heterocycles. The molecule has 0 aromatic heterocycles. The number of nitrogens with zero attached hydrogens (tertiary/aromatic N) is 1. The Labute approximate surface area is 118 Å². The minimum absolute atomic E-state index is 0.129. The summed E-state index contributed by atoms with van der Waals surface area (Å²) in [5.41, 5.74) is 1.04.